The Morgan fingerprint density at radius 2 is 1.79 bits per heavy atom. The molecule has 0 heterocycles. The number of rotatable bonds is 7. The third-order valence-corrected chi connectivity index (χ3v) is 4.19. The van der Waals surface area contributed by atoms with Crippen LogP contribution in [0.3, 0.4) is 0 Å². The minimum absolute atomic E-state index is 0.678. The fourth-order valence-electron chi connectivity index (χ4n) is 0.817. The molecule has 0 saturated carbocycles. The van der Waals surface area contributed by atoms with E-state index >= 15 is 0 Å². The highest BCUT2D eigenvalue weighted by atomic mass is 28.3. The normalized spacial score (nSPS) is 12.0. The van der Waals surface area contributed by atoms with E-state index in [4.69, 9.17) is 0 Å². The van der Waals surface area contributed by atoms with Crippen LogP contribution >= 0.6 is 0 Å². The lowest BCUT2D eigenvalue weighted by molar-refractivity contribution is -0.107. The van der Waals surface area contributed by atoms with E-state index in [0.29, 0.717) is 6.42 Å². The van der Waals surface area contributed by atoms with E-state index in [2.05, 4.69) is 29.4 Å². The highest BCUT2D eigenvalue weighted by Gasteiger charge is 2.17. The summed E-state index contributed by atoms with van der Waals surface area (Å²) in [6, 6.07) is 0. The molecule has 4 heteroatoms. The van der Waals surface area contributed by atoms with Gasteiger partial charge in [-0.1, -0.05) is 19.6 Å². The Bertz CT molecular complexity index is 187. The van der Waals surface area contributed by atoms with Gasteiger partial charge in [-0.3, -0.25) is 0 Å². The van der Waals surface area contributed by atoms with Crippen LogP contribution in [0.1, 0.15) is 25.7 Å². The summed E-state index contributed by atoms with van der Waals surface area (Å²) in [5.41, 5.74) is 0. The first-order valence-electron chi connectivity index (χ1n) is 5.18. The molecule has 0 radical (unpaired) electrons. The van der Waals surface area contributed by atoms with Gasteiger partial charge in [0.05, 0.1) is 0 Å². The molecule has 0 aliphatic rings. The lowest BCUT2D eigenvalue weighted by atomic mass is 10.2. The molecule has 0 amide bonds. The largest absolute Gasteiger partial charge is 0.328 e. The Morgan fingerprint density at radius 3 is 2.29 bits per heavy atom. The van der Waals surface area contributed by atoms with Gasteiger partial charge >= 0.3 is 0 Å². The monoisotopic (exact) mass is 214 g/mol. The summed E-state index contributed by atoms with van der Waals surface area (Å²) in [7, 11) is 0.779. The van der Waals surface area contributed by atoms with E-state index in [-0.39, 0.29) is 0 Å². The van der Waals surface area contributed by atoms with Crippen LogP contribution in [0, 0.1) is 0 Å². The maximum atomic E-state index is 10.0. The van der Waals surface area contributed by atoms with Gasteiger partial charge < -0.3 is 9.47 Å². The SMILES string of the molecule is CN(/N=C/CCCCC=O)[Si](C)(C)C. The van der Waals surface area contributed by atoms with Crippen LogP contribution in [0.25, 0.3) is 0 Å². The maximum absolute atomic E-state index is 10.0. The lowest BCUT2D eigenvalue weighted by Gasteiger charge is -2.26. The summed E-state index contributed by atoms with van der Waals surface area (Å²) in [5, 5.41) is 4.37. The number of unbranched alkanes of at least 4 members (excludes halogenated alkanes) is 3. The van der Waals surface area contributed by atoms with Crippen LogP contribution in [0.4, 0.5) is 0 Å². The fourth-order valence-corrected chi connectivity index (χ4v) is 1.24. The number of aldehydes is 1. The van der Waals surface area contributed by atoms with Crippen molar-refractivity contribution in [2.45, 2.75) is 45.3 Å². The zero-order valence-corrected chi connectivity index (χ0v) is 10.8. The first kappa shape index (κ1) is 13.4. The van der Waals surface area contributed by atoms with Gasteiger partial charge in [0.15, 0.2) is 8.24 Å². The maximum Gasteiger partial charge on any atom is 0.168 e. The highest BCUT2D eigenvalue weighted by molar-refractivity contribution is 6.73. The van der Waals surface area contributed by atoms with Crippen molar-refractivity contribution in [3.63, 3.8) is 0 Å². The highest BCUT2D eigenvalue weighted by Crippen LogP contribution is 2.06. The first-order chi connectivity index (χ1) is 6.48. The van der Waals surface area contributed by atoms with Gasteiger partial charge in [0.1, 0.15) is 6.29 Å². The molecule has 0 aromatic carbocycles. The fraction of sp³-hybridized carbons (Fsp3) is 0.800. The van der Waals surface area contributed by atoms with Crippen molar-refractivity contribution < 1.29 is 4.79 Å². The zero-order chi connectivity index (χ0) is 11.0. The van der Waals surface area contributed by atoms with Crippen molar-refractivity contribution in [1.29, 1.82) is 0 Å². The molecule has 0 fully saturated rings. The number of nitrogens with zero attached hydrogens (tertiary/aromatic N) is 2. The number of hydrazone groups is 1. The van der Waals surface area contributed by atoms with Crippen molar-refractivity contribution in [2.24, 2.45) is 5.10 Å². The molecule has 0 N–H and O–H groups in total. The van der Waals surface area contributed by atoms with Crippen molar-refractivity contribution in [2.75, 3.05) is 7.05 Å². The Kier molecular flexibility index (Phi) is 6.45. The molecule has 0 unspecified atom stereocenters. The zero-order valence-electron chi connectivity index (χ0n) is 9.79. The molecule has 0 saturated heterocycles. The van der Waals surface area contributed by atoms with Gasteiger partial charge in [0.25, 0.3) is 0 Å². The van der Waals surface area contributed by atoms with Gasteiger partial charge in [-0.05, 0) is 19.3 Å². The summed E-state index contributed by atoms with van der Waals surface area (Å²) in [5.74, 6) is 0. The Balaban J connectivity index is 3.57. The van der Waals surface area contributed by atoms with Crippen LogP contribution in [-0.2, 0) is 4.79 Å². The number of hydrogen-bond acceptors (Lipinski definition) is 3. The van der Waals surface area contributed by atoms with Gasteiger partial charge in [-0.25, -0.2) is 0 Å². The number of carbonyl (C=O) groups is 1. The molecule has 0 aliphatic heterocycles. The van der Waals surface area contributed by atoms with Crippen LogP contribution in [-0.4, -0.2) is 32.5 Å². The summed E-state index contributed by atoms with van der Waals surface area (Å²) < 4.78 is 2.09. The summed E-state index contributed by atoms with van der Waals surface area (Å²) in [6.07, 6.45) is 6.63. The first-order valence-corrected chi connectivity index (χ1v) is 8.63. The van der Waals surface area contributed by atoms with Gasteiger partial charge in [-0.15, -0.1) is 0 Å². The van der Waals surface area contributed by atoms with Crippen molar-refractivity contribution in [1.82, 2.24) is 4.67 Å². The second-order valence-corrected chi connectivity index (χ2v) is 9.43. The summed E-state index contributed by atoms with van der Waals surface area (Å²) in [4.78, 5) is 10.0. The topological polar surface area (TPSA) is 32.7 Å². The summed E-state index contributed by atoms with van der Waals surface area (Å²) >= 11 is 0. The second kappa shape index (κ2) is 6.76. The van der Waals surface area contributed by atoms with Crippen molar-refractivity contribution in [3.05, 3.63) is 0 Å². The third kappa shape index (κ3) is 6.83. The molecular formula is C10H22N2OSi. The molecule has 0 rings (SSSR count). The van der Waals surface area contributed by atoms with Crippen LogP contribution in [0.15, 0.2) is 5.10 Å². The van der Waals surface area contributed by atoms with Crippen molar-refractivity contribution >= 4 is 20.7 Å². The molecular weight excluding hydrogens is 192 g/mol. The van der Waals surface area contributed by atoms with Crippen LogP contribution < -0.4 is 0 Å². The molecule has 3 nitrogen and oxygen atoms in total. The van der Waals surface area contributed by atoms with Crippen molar-refractivity contribution in [3.8, 4) is 0 Å². The Labute approximate surface area is 88.3 Å². The van der Waals surface area contributed by atoms with Gasteiger partial charge in [0.2, 0.25) is 0 Å². The molecule has 82 valence electrons. The minimum Gasteiger partial charge on any atom is -0.328 e. The summed E-state index contributed by atoms with van der Waals surface area (Å²) in [6.45, 7) is 6.78. The number of carbonyl (C=O) groups excluding carboxylic acids is 1. The van der Waals surface area contributed by atoms with E-state index in [0.717, 1.165) is 25.5 Å². The second-order valence-electron chi connectivity index (χ2n) is 4.44. The molecule has 0 atom stereocenters. The minimum atomic E-state index is -1.26. The predicted molar refractivity (Wildman–Crippen MR) is 64.1 cm³/mol. The van der Waals surface area contributed by atoms with Crippen LogP contribution in [0.2, 0.25) is 19.6 Å². The van der Waals surface area contributed by atoms with E-state index in [1.807, 2.05) is 13.3 Å². The molecule has 0 spiro atoms. The average Bonchev–Trinajstić information content (AvgIpc) is 2.09. The van der Waals surface area contributed by atoms with Crippen LogP contribution in [0.5, 0.6) is 0 Å². The van der Waals surface area contributed by atoms with Gasteiger partial charge in [0, 0.05) is 19.7 Å². The van der Waals surface area contributed by atoms with E-state index < -0.39 is 8.24 Å². The molecule has 0 bridgehead atoms. The van der Waals surface area contributed by atoms with Gasteiger partial charge in [-0.2, -0.15) is 5.10 Å². The van der Waals surface area contributed by atoms with E-state index in [9.17, 15) is 4.79 Å². The third-order valence-electron chi connectivity index (χ3n) is 2.13. The molecule has 0 aromatic rings. The quantitative estimate of drug-likeness (QED) is 0.214. The Hall–Kier alpha value is -0.643. The number of hydrogen-bond donors (Lipinski definition) is 0. The molecule has 0 aromatic heterocycles. The Morgan fingerprint density at radius 1 is 1.21 bits per heavy atom. The smallest absolute Gasteiger partial charge is 0.168 e. The van der Waals surface area contributed by atoms with E-state index in [1.54, 1.807) is 0 Å². The molecule has 0 aliphatic carbocycles. The van der Waals surface area contributed by atoms with E-state index in [1.165, 1.54) is 0 Å². The lowest BCUT2D eigenvalue weighted by Crippen LogP contribution is -2.39. The average molecular weight is 214 g/mol. The predicted octanol–water partition coefficient (Wildman–Crippen LogP) is 2.50. The molecule has 14 heavy (non-hydrogen) atoms. The standard InChI is InChI=1S/C10H22N2OSi/c1-12(14(2,3)4)11-9-7-5-6-8-10-13/h9-10H,5-8H2,1-4H3/b11-9+.